The molecule has 2 amide bonds. The minimum atomic E-state index is -4.54. The van der Waals surface area contributed by atoms with Crippen molar-refractivity contribution in [3.63, 3.8) is 0 Å². The molecule has 5 nitrogen and oxygen atoms in total. The molecule has 0 bridgehead atoms. The van der Waals surface area contributed by atoms with Crippen LogP contribution in [0.25, 0.3) is 0 Å². The lowest BCUT2D eigenvalue weighted by atomic mass is 10.1. The molecule has 0 aliphatic heterocycles. The number of alkyl halides is 3. The Hall–Kier alpha value is -2.51. The molecule has 1 aromatic carbocycles. The van der Waals surface area contributed by atoms with E-state index in [-0.39, 0.29) is 13.0 Å². The predicted molar refractivity (Wildman–Crippen MR) is 81.2 cm³/mol. The number of halogens is 3. The highest BCUT2D eigenvalue weighted by Crippen LogP contribution is 2.23. The van der Waals surface area contributed by atoms with Crippen LogP contribution in [0.15, 0.2) is 40.9 Å². The van der Waals surface area contributed by atoms with E-state index in [1.54, 1.807) is 43.3 Å². The number of carbonyl (C=O) groups is 1. The lowest BCUT2D eigenvalue weighted by molar-refractivity contribution is -0.153. The normalized spacial score (nSPS) is 12.7. The first-order valence-electron chi connectivity index (χ1n) is 7.30. The molecule has 2 aromatic rings. The van der Waals surface area contributed by atoms with E-state index in [1.807, 2.05) is 5.32 Å². The molecule has 1 aromatic heterocycles. The monoisotopic (exact) mass is 341 g/mol. The number of aromatic nitrogens is 1. The van der Waals surface area contributed by atoms with E-state index >= 15 is 0 Å². The third kappa shape index (κ3) is 5.00. The molecular formula is C16H18F3N3O2. The molecule has 1 heterocycles. The molecule has 0 spiro atoms. The van der Waals surface area contributed by atoms with Crippen molar-refractivity contribution in [1.29, 1.82) is 0 Å². The SMILES string of the molecule is Cc1cc(CN(C)C(=O)N[C@@H](Cc2ccccc2)C(F)(F)F)no1. The van der Waals surface area contributed by atoms with Crippen LogP contribution in [0.2, 0.25) is 0 Å². The number of hydrogen-bond acceptors (Lipinski definition) is 3. The molecule has 0 unspecified atom stereocenters. The Kier molecular flexibility index (Phi) is 5.48. The molecule has 24 heavy (non-hydrogen) atoms. The van der Waals surface area contributed by atoms with Crippen LogP contribution in [0.1, 0.15) is 17.0 Å². The Balaban J connectivity index is 2.01. The first-order valence-corrected chi connectivity index (χ1v) is 7.30. The smallest absolute Gasteiger partial charge is 0.361 e. The van der Waals surface area contributed by atoms with Gasteiger partial charge in [0, 0.05) is 19.5 Å². The molecule has 2 rings (SSSR count). The third-order valence-electron chi connectivity index (χ3n) is 3.40. The number of nitrogens with zero attached hydrogens (tertiary/aromatic N) is 2. The molecule has 0 aliphatic carbocycles. The second-order valence-corrected chi connectivity index (χ2v) is 5.52. The molecule has 1 atom stereocenters. The molecule has 0 saturated carbocycles. The molecule has 0 radical (unpaired) electrons. The van der Waals surface area contributed by atoms with Gasteiger partial charge in [-0.25, -0.2) is 4.79 Å². The molecule has 0 saturated heterocycles. The largest absolute Gasteiger partial charge is 0.408 e. The van der Waals surface area contributed by atoms with Crippen LogP contribution in [0, 0.1) is 6.92 Å². The van der Waals surface area contributed by atoms with Crippen LogP contribution in [0.3, 0.4) is 0 Å². The lowest BCUT2D eigenvalue weighted by Crippen LogP contribution is -2.50. The summed E-state index contributed by atoms with van der Waals surface area (Å²) in [5.41, 5.74) is 0.965. The molecule has 0 fully saturated rings. The van der Waals surface area contributed by atoms with Crippen LogP contribution >= 0.6 is 0 Å². The van der Waals surface area contributed by atoms with Gasteiger partial charge in [0.2, 0.25) is 0 Å². The van der Waals surface area contributed by atoms with Gasteiger partial charge in [0.05, 0.1) is 6.54 Å². The van der Waals surface area contributed by atoms with Crippen molar-refractivity contribution < 1.29 is 22.5 Å². The van der Waals surface area contributed by atoms with Gasteiger partial charge in [-0.2, -0.15) is 13.2 Å². The quantitative estimate of drug-likeness (QED) is 0.908. The van der Waals surface area contributed by atoms with Gasteiger partial charge in [-0.3, -0.25) is 0 Å². The van der Waals surface area contributed by atoms with Gasteiger partial charge in [-0.1, -0.05) is 35.5 Å². The van der Waals surface area contributed by atoms with Gasteiger partial charge in [-0.05, 0) is 12.5 Å². The second-order valence-electron chi connectivity index (χ2n) is 5.52. The van der Waals surface area contributed by atoms with E-state index in [2.05, 4.69) is 5.16 Å². The minimum absolute atomic E-state index is 0.0547. The fraction of sp³-hybridized carbons (Fsp3) is 0.375. The van der Waals surface area contributed by atoms with E-state index in [0.717, 1.165) is 4.90 Å². The zero-order valence-corrected chi connectivity index (χ0v) is 13.3. The molecular weight excluding hydrogens is 323 g/mol. The summed E-state index contributed by atoms with van der Waals surface area (Å²) in [4.78, 5) is 13.2. The highest BCUT2D eigenvalue weighted by atomic mass is 19.4. The number of benzene rings is 1. The maximum absolute atomic E-state index is 13.2. The van der Waals surface area contributed by atoms with Gasteiger partial charge in [0.1, 0.15) is 17.5 Å². The van der Waals surface area contributed by atoms with Crippen LogP contribution in [0.5, 0.6) is 0 Å². The number of nitrogens with one attached hydrogen (secondary N) is 1. The number of rotatable bonds is 5. The second kappa shape index (κ2) is 7.37. The van der Waals surface area contributed by atoms with E-state index in [1.165, 1.54) is 7.05 Å². The number of hydrogen-bond donors (Lipinski definition) is 1. The van der Waals surface area contributed by atoms with Crippen LogP contribution in [-0.2, 0) is 13.0 Å². The van der Waals surface area contributed by atoms with E-state index in [4.69, 9.17) is 4.52 Å². The Labute approximate surface area is 137 Å². The summed E-state index contributed by atoms with van der Waals surface area (Å²) in [7, 11) is 1.40. The first-order chi connectivity index (χ1) is 11.3. The Morgan fingerprint density at radius 1 is 1.33 bits per heavy atom. The molecule has 8 heteroatoms. The number of aryl methyl sites for hydroxylation is 1. The zero-order chi connectivity index (χ0) is 17.7. The van der Waals surface area contributed by atoms with Gasteiger partial charge in [0.15, 0.2) is 0 Å². The van der Waals surface area contributed by atoms with Gasteiger partial charge in [0.25, 0.3) is 0 Å². The summed E-state index contributed by atoms with van der Waals surface area (Å²) < 4.78 is 44.5. The topological polar surface area (TPSA) is 58.4 Å². The van der Waals surface area contributed by atoms with E-state index in [0.29, 0.717) is 17.0 Å². The summed E-state index contributed by atoms with van der Waals surface area (Å²) in [6.07, 6.45) is -4.87. The first kappa shape index (κ1) is 17.8. The van der Waals surface area contributed by atoms with Crippen molar-refractivity contribution in [2.24, 2.45) is 0 Å². The summed E-state index contributed by atoms with van der Waals surface area (Å²) in [6, 6.07) is 7.04. The maximum Gasteiger partial charge on any atom is 0.408 e. The van der Waals surface area contributed by atoms with Gasteiger partial charge in [-0.15, -0.1) is 0 Å². The zero-order valence-electron chi connectivity index (χ0n) is 13.3. The van der Waals surface area contributed by atoms with Crippen molar-refractivity contribution >= 4 is 6.03 Å². The molecule has 0 aliphatic rings. The Morgan fingerprint density at radius 3 is 2.54 bits per heavy atom. The van der Waals surface area contributed by atoms with Gasteiger partial charge >= 0.3 is 12.2 Å². The predicted octanol–water partition coefficient (Wildman–Crippen LogP) is 3.30. The third-order valence-corrected chi connectivity index (χ3v) is 3.40. The van der Waals surface area contributed by atoms with Crippen molar-refractivity contribution in [2.45, 2.75) is 32.1 Å². The molecule has 130 valence electrons. The Bertz CT molecular complexity index is 671. The summed E-state index contributed by atoms with van der Waals surface area (Å²) in [5.74, 6) is 0.566. The maximum atomic E-state index is 13.2. The van der Waals surface area contributed by atoms with Crippen molar-refractivity contribution in [2.75, 3.05) is 7.05 Å². The Morgan fingerprint density at radius 2 is 2.00 bits per heavy atom. The summed E-state index contributed by atoms with van der Waals surface area (Å²) in [5, 5.41) is 5.75. The van der Waals surface area contributed by atoms with E-state index < -0.39 is 18.2 Å². The molecule has 1 N–H and O–H groups in total. The highest BCUT2D eigenvalue weighted by molar-refractivity contribution is 5.74. The van der Waals surface area contributed by atoms with Crippen molar-refractivity contribution in [1.82, 2.24) is 15.4 Å². The standard InChI is InChI=1S/C16H18F3N3O2/c1-11-8-13(21-24-11)10-22(2)15(23)20-14(16(17,18)19)9-12-6-4-3-5-7-12/h3-8,14H,9-10H2,1-2H3,(H,20,23)/t14-/m0/s1. The average molecular weight is 341 g/mol. The van der Waals surface area contributed by atoms with Gasteiger partial charge < -0.3 is 14.7 Å². The van der Waals surface area contributed by atoms with Crippen LogP contribution in [0.4, 0.5) is 18.0 Å². The van der Waals surface area contributed by atoms with Crippen LogP contribution in [-0.4, -0.2) is 35.4 Å². The number of carbonyl (C=O) groups excluding carboxylic acids is 1. The minimum Gasteiger partial charge on any atom is -0.361 e. The fourth-order valence-corrected chi connectivity index (χ4v) is 2.16. The van der Waals surface area contributed by atoms with Crippen molar-refractivity contribution in [3.05, 3.63) is 53.4 Å². The summed E-state index contributed by atoms with van der Waals surface area (Å²) >= 11 is 0. The van der Waals surface area contributed by atoms with Crippen molar-refractivity contribution in [3.8, 4) is 0 Å². The number of amides is 2. The lowest BCUT2D eigenvalue weighted by Gasteiger charge is -2.25. The number of urea groups is 1. The van der Waals surface area contributed by atoms with Crippen LogP contribution < -0.4 is 5.32 Å². The summed E-state index contributed by atoms with van der Waals surface area (Å²) in [6.45, 7) is 1.75. The fourth-order valence-electron chi connectivity index (χ4n) is 2.16. The average Bonchev–Trinajstić information content (AvgIpc) is 2.91. The highest BCUT2D eigenvalue weighted by Gasteiger charge is 2.41. The van der Waals surface area contributed by atoms with E-state index in [9.17, 15) is 18.0 Å².